The van der Waals surface area contributed by atoms with Crippen LogP contribution >= 0.6 is 0 Å². The molecule has 27 heavy (non-hydrogen) atoms. The summed E-state index contributed by atoms with van der Waals surface area (Å²) in [6, 6.07) is 3.66. The number of carbonyl (C=O) groups is 2. The first-order valence-electron chi connectivity index (χ1n) is 9.40. The van der Waals surface area contributed by atoms with Gasteiger partial charge in [-0.15, -0.1) is 0 Å². The Morgan fingerprint density at radius 2 is 2.15 bits per heavy atom. The molecule has 2 spiro atoms. The molecule has 5 rings (SSSR count). The quantitative estimate of drug-likeness (QED) is 0.813. The van der Waals surface area contributed by atoms with Crippen LogP contribution in [-0.4, -0.2) is 51.9 Å². The molecule has 4 unspecified atom stereocenters. The molecule has 2 amide bonds. The fourth-order valence-electron chi connectivity index (χ4n) is 5.48. The van der Waals surface area contributed by atoms with E-state index in [1.807, 2.05) is 25.7 Å². The lowest BCUT2D eigenvalue weighted by atomic mass is 9.35. The molecular formula is C19H24N4O4. The van der Waals surface area contributed by atoms with Crippen molar-refractivity contribution in [2.24, 2.45) is 5.41 Å². The van der Waals surface area contributed by atoms with Crippen molar-refractivity contribution in [2.75, 3.05) is 17.2 Å². The first-order valence-corrected chi connectivity index (χ1v) is 9.40. The summed E-state index contributed by atoms with van der Waals surface area (Å²) in [7, 11) is 0. The molecule has 4 atom stereocenters. The van der Waals surface area contributed by atoms with E-state index in [0.29, 0.717) is 24.5 Å². The van der Waals surface area contributed by atoms with Gasteiger partial charge in [0.1, 0.15) is 17.0 Å². The van der Waals surface area contributed by atoms with Gasteiger partial charge in [0.05, 0.1) is 29.9 Å². The minimum Gasteiger partial charge on any atom is -0.444 e. The van der Waals surface area contributed by atoms with Gasteiger partial charge in [0.2, 0.25) is 0 Å². The van der Waals surface area contributed by atoms with Crippen molar-refractivity contribution >= 4 is 23.7 Å². The molecule has 1 aromatic heterocycles. The first-order chi connectivity index (χ1) is 12.7. The maximum atomic E-state index is 12.6. The minimum absolute atomic E-state index is 0.100. The molecule has 1 aromatic rings. The number of hydrogen-bond acceptors (Lipinski definition) is 6. The van der Waals surface area contributed by atoms with E-state index in [9.17, 15) is 9.59 Å². The molecule has 144 valence electrons. The number of nitrogens with two attached hydrogens (primary N) is 1. The summed E-state index contributed by atoms with van der Waals surface area (Å²) < 4.78 is 11.5. The van der Waals surface area contributed by atoms with E-state index in [-0.39, 0.29) is 29.7 Å². The molecule has 4 fully saturated rings. The van der Waals surface area contributed by atoms with Gasteiger partial charge in [0.25, 0.3) is 0 Å². The zero-order valence-corrected chi connectivity index (χ0v) is 15.8. The van der Waals surface area contributed by atoms with Crippen LogP contribution in [0.5, 0.6) is 0 Å². The molecule has 0 bridgehead atoms. The van der Waals surface area contributed by atoms with Crippen molar-refractivity contribution in [1.82, 2.24) is 9.88 Å². The molecular weight excluding hydrogens is 348 g/mol. The Bertz CT molecular complexity index is 827. The summed E-state index contributed by atoms with van der Waals surface area (Å²) in [5, 5.41) is 0. The smallest absolute Gasteiger partial charge is 0.415 e. The van der Waals surface area contributed by atoms with Gasteiger partial charge in [0.15, 0.2) is 0 Å². The molecule has 4 aliphatic rings. The lowest BCUT2D eigenvalue weighted by molar-refractivity contribution is -0.342. The summed E-state index contributed by atoms with van der Waals surface area (Å²) in [6.07, 6.45) is 3.55. The summed E-state index contributed by atoms with van der Waals surface area (Å²) in [4.78, 5) is 32.7. The van der Waals surface area contributed by atoms with E-state index in [4.69, 9.17) is 15.2 Å². The van der Waals surface area contributed by atoms with Crippen molar-refractivity contribution in [2.45, 2.75) is 63.3 Å². The highest BCUT2D eigenvalue weighted by Crippen LogP contribution is 2.74. The minimum atomic E-state index is -0.516. The number of anilines is 2. The van der Waals surface area contributed by atoms with Gasteiger partial charge < -0.3 is 20.1 Å². The normalized spacial score (nSPS) is 36.2. The second kappa shape index (κ2) is 4.85. The second-order valence-electron chi connectivity index (χ2n) is 9.09. The third-order valence-corrected chi connectivity index (χ3v) is 6.67. The third-order valence-electron chi connectivity index (χ3n) is 6.67. The van der Waals surface area contributed by atoms with Crippen LogP contribution in [0.25, 0.3) is 0 Å². The molecule has 8 nitrogen and oxygen atoms in total. The molecule has 2 aliphatic heterocycles. The fourth-order valence-corrected chi connectivity index (χ4v) is 5.48. The second-order valence-corrected chi connectivity index (χ2v) is 9.09. The monoisotopic (exact) mass is 372 g/mol. The Morgan fingerprint density at radius 3 is 2.70 bits per heavy atom. The van der Waals surface area contributed by atoms with Gasteiger partial charge in [-0.3, -0.25) is 4.90 Å². The van der Waals surface area contributed by atoms with Gasteiger partial charge in [-0.2, -0.15) is 0 Å². The number of rotatable bonds is 1. The standard InChI is InChI=1S/C19H24N4O4/c1-17(2,3)26-16(25)23-12-6-7-19(12)13(23)8-18(19)10-22(15(24)27-18)11-4-5-14(20)21-9-11/h4-5,9,12-13H,6-8,10H2,1-3H3,(H2,20,21). The van der Waals surface area contributed by atoms with E-state index in [1.54, 1.807) is 23.2 Å². The Labute approximate surface area is 157 Å². The number of piperidine rings is 2. The van der Waals surface area contributed by atoms with Crippen LogP contribution in [0.15, 0.2) is 18.3 Å². The Morgan fingerprint density at radius 1 is 1.37 bits per heavy atom. The molecule has 0 radical (unpaired) electrons. The Balaban J connectivity index is 1.35. The number of pyridine rings is 1. The fraction of sp³-hybridized carbons (Fsp3) is 0.632. The molecule has 2 saturated heterocycles. The van der Waals surface area contributed by atoms with Gasteiger partial charge in [-0.25, -0.2) is 14.6 Å². The van der Waals surface area contributed by atoms with Crippen LogP contribution in [0.1, 0.15) is 40.0 Å². The number of ether oxygens (including phenoxy) is 2. The van der Waals surface area contributed by atoms with Crippen LogP contribution in [0.3, 0.4) is 0 Å². The zero-order chi connectivity index (χ0) is 19.2. The number of nitrogen functional groups attached to an aromatic ring is 1. The number of amides is 2. The topological polar surface area (TPSA) is 98.0 Å². The number of likely N-dealkylation sites (tertiary alicyclic amines) is 1. The van der Waals surface area contributed by atoms with Crippen molar-refractivity contribution in [1.29, 1.82) is 0 Å². The zero-order valence-electron chi connectivity index (χ0n) is 15.8. The Hall–Kier alpha value is -2.51. The van der Waals surface area contributed by atoms with Gasteiger partial charge in [-0.1, -0.05) is 0 Å². The molecule has 0 aromatic carbocycles. The van der Waals surface area contributed by atoms with Crippen molar-refractivity contribution < 1.29 is 19.1 Å². The summed E-state index contributed by atoms with van der Waals surface area (Å²) >= 11 is 0. The molecule has 3 heterocycles. The first kappa shape index (κ1) is 16.6. The maximum absolute atomic E-state index is 12.6. The van der Waals surface area contributed by atoms with Crippen LogP contribution in [-0.2, 0) is 9.47 Å². The number of nitrogens with zero attached hydrogens (tertiary/aromatic N) is 3. The van der Waals surface area contributed by atoms with E-state index >= 15 is 0 Å². The summed E-state index contributed by atoms with van der Waals surface area (Å²) in [5.74, 6) is 0.411. The predicted molar refractivity (Wildman–Crippen MR) is 97.1 cm³/mol. The van der Waals surface area contributed by atoms with E-state index in [2.05, 4.69) is 4.98 Å². The highest BCUT2D eigenvalue weighted by Gasteiger charge is 2.86. The van der Waals surface area contributed by atoms with Gasteiger partial charge in [0, 0.05) is 12.5 Å². The van der Waals surface area contributed by atoms with E-state index in [0.717, 1.165) is 12.8 Å². The van der Waals surface area contributed by atoms with E-state index < -0.39 is 11.2 Å². The van der Waals surface area contributed by atoms with Crippen molar-refractivity contribution in [3.05, 3.63) is 18.3 Å². The van der Waals surface area contributed by atoms with Gasteiger partial charge >= 0.3 is 12.2 Å². The largest absolute Gasteiger partial charge is 0.444 e. The van der Waals surface area contributed by atoms with Crippen molar-refractivity contribution in [3.63, 3.8) is 0 Å². The van der Waals surface area contributed by atoms with Crippen LogP contribution in [0, 0.1) is 5.41 Å². The highest BCUT2D eigenvalue weighted by atomic mass is 16.6. The number of aromatic nitrogens is 1. The SMILES string of the molecule is CC(C)(C)OC(=O)N1C2CCC23C1CC31CN(c2ccc(N)nc2)C(=O)O1. The molecule has 2 aliphatic carbocycles. The highest BCUT2D eigenvalue weighted by molar-refractivity contribution is 5.91. The van der Waals surface area contributed by atoms with E-state index in [1.165, 1.54) is 0 Å². The predicted octanol–water partition coefficient (Wildman–Crippen LogP) is 2.53. The number of carbonyl (C=O) groups excluding carboxylic acids is 2. The third kappa shape index (κ3) is 1.96. The Kier molecular flexibility index (Phi) is 2.99. The van der Waals surface area contributed by atoms with Crippen LogP contribution < -0.4 is 10.6 Å². The van der Waals surface area contributed by atoms with Crippen LogP contribution in [0.2, 0.25) is 0 Å². The summed E-state index contributed by atoms with van der Waals surface area (Å²) in [5.41, 5.74) is 5.18. The lowest BCUT2D eigenvalue weighted by Crippen LogP contribution is -2.92. The number of hydrogen-bond donors (Lipinski definition) is 1. The lowest BCUT2D eigenvalue weighted by Gasteiger charge is -2.81. The van der Waals surface area contributed by atoms with Gasteiger partial charge in [-0.05, 0) is 45.7 Å². The van der Waals surface area contributed by atoms with Crippen molar-refractivity contribution in [3.8, 4) is 0 Å². The molecule has 2 N–H and O–H groups in total. The van der Waals surface area contributed by atoms with Crippen LogP contribution in [0.4, 0.5) is 21.1 Å². The maximum Gasteiger partial charge on any atom is 0.415 e. The summed E-state index contributed by atoms with van der Waals surface area (Å²) in [6.45, 7) is 6.11. The average molecular weight is 372 g/mol. The molecule has 8 heteroatoms. The molecule has 2 saturated carbocycles. The average Bonchev–Trinajstić information content (AvgIpc) is 2.87.